The van der Waals surface area contributed by atoms with Gasteiger partial charge in [0.25, 0.3) is 0 Å². The van der Waals surface area contributed by atoms with Gasteiger partial charge in [-0.25, -0.2) is 9.51 Å². The number of para-hydroxylation sites is 1. The molecule has 0 amide bonds. The number of halogens is 2. The van der Waals surface area contributed by atoms with E-state index in [4.69, 9.17) is 0 Å². The van der Waals surface area contributed by atoms with Crippen LogP contribution in [0.25, 0.3) is 0 Å². The van der Waals surface area contributed by atoms with E-state index in [0.29, 0.717) is 0 Å². The van der Waals surface area contributed by atoms with Crippen molar-refractivity contribution in [2.24, 2.45) is 0 Å². The Labute approximate surface area is 57.8 Å². The van der Waals surface area contributed by atoms with E-state index in [9.17, 15) is 8.87 Å². The molecule has 1 aromatic rings. The molecule has 0 unspecified atom stereocenters. The summed E-state index contributed by atoms with van der Waals surface area (Å²) in [7, 11) is 1.15. The van der Waals surface area contributed by atoms with Gasteiger partial charge in [-0.2, -0.15) is 0 Å². The summed E-state index contributed by atoms with van der Waals surface area (Å²) in [6, 6.07) is 5.68. The van der Waals surface area contributed by atoms with Crippen molar-refractivity contribution in [1.82, 2.24) is 0 Å². The highest BCUT2D eigenvalue weighted by molar-refractivity contribution is 5.43. The normalized spacial score (nSPS) is 9.50. The van der Waals surface area contributed by atoms with Crippen LogP contribution in [0.3, 0.4) is 0 Å². The number of nitrogens with zero attached hydrogens (tertiary/aromatic N) is 1. The van der Waals surface area contributed by atoms with Crippen molar-refractivity contribution in [3.63, 3.8) is 0 Å². The molecule has 0 radical (unpaired) electrons. The first-order chi connectivity index (χ1) is 4.72. The van der Waals surface area contributed by atoms with Crippen LogP contribution in [-0.4, -0.2) is 7.05 Å². The summed E-state index contributed by atoms with van der Waals surface area (Å²) in [5.41, 5.74) is -0.0394. The maximum Gasteiger partial charge on any atom is 0.149 e. The van der Waals surface area contributed by atoms with Crippen molar-refractivity contribution in [2.75, 3.05) is 12.2 Å². The first kappa shape index (κ1) is 6.99. The second-order valence-electron chi connectivity index (χ2n) is 1.93. The molecule has 0 spiro atoms. The quantitative estimate of drug-likeness (QED) is 0.544. The number of rotatable bonds is 1. The van der Waals surface area contributed by atoms with Crippen molar-refractivity contribution in [3.8, 4) is 0 Å². The van der Waals surface area contributed by atoms with Gasteiger partial charge in [-0.1, -0.05) is 12.1 Å². The summed E-state index contributed by atoms with van der Waals surface area (Å²) < 4.78 is 24.8. The van der Waals surface area contributed by atoms with E-state index in [2.05, 4.69) is 0 Å². The molecule has 0 aliphatic rings. The lowest BCUT2D eigenvalue weighted by atomic mass is 10.3. The summed E-state index contributed by atoms with van der Waals surface area (Å²) in [5, 5.41) is 0.245. The number of hydrogen-bond acceptors (Lipinski definition) is 1. The Morgan fingerprint density at radius 3 is 2.30 bits per heavy atom. The van der Waals surface area contributed by atoms with Crippen LogP contribution in [0.15, 0.2) is 24.3 Å². The summed E-state index contributed by atoms with van der Waals surface area (Å²) in [4.78, 5) is 0. The van der Waals surface area contributed by atoms with Crippen molar-refractivity contribution in [1.29, 1.82) is 0 Å². The Balaban J connectivity index is 3.03. The Kier molecular flexibility index (Phi) is 1.85. The molecule has 0 bridgehead atoms. The van der Waals surface area contributed by atoms with Gasteiger partial charge in [-0.05, 0) is 12.1 Å². The maximum absolute atomic E-state index is 12.6. The first-order valence-corrected chi connectivity index (χ1v) is 2.86. The number of anilines is 1. The fourth-order valence-corrected chi connectivity index (χ4v) is 0.702. The highest BCUT2D eigenvalue weighted by Gasteiger charge is 2.02. The standard InChI is InChI=1S/C7H7F2N/c1-10(9)7-5-3-2-4-6(7)8/h2-5H,1H3. The van der Waals surface area contributed by atoms with E-state index in [0.717, 1.165) is 7.05 Å². The minimum Gasteiger partial charge on any atom is -0.212 e. The van der Waals surface area contributed by atoms with E-state index in [1.54, 1.807) is 6.07 Å². The predicted octanol–water partition coefficient (Wildman–Crippen LogP) is 2.15. The third-order valence-electron chi connectivity index (χ3n) is 1.18. The Hall–Kier alpha value is -1.12. The molecule has 0 heterocycles. The molecule has 1 rings (SSSR count). The highest BCUT2D eigenvalue weighted by atomic mass is 19.2. The molecular formula is C7H7F2N. The molecule has 1 nitrogen and oxygen atoms in total. The van der Waals surface area contributed by atoms with Crippen LogP contribution in [0.1, 0.15) is 0 Å². The van der Waals surface area contributed by atoms with Gasteiger partial charge in [-0.3, -0.25) is 0 Å². The lowest BCUT2D eigenvalue weighted by Gasteiger charge is -2.06. The second kappa shape index (κ2) is 2.64. The van der Waals surface area contributed by atoms with Gasteiger partial charge in [0.05, 0.1) is 0 Å². The number of benzene rings is 1. The second-order valence-corrected chi connectivity index (χ2v) is 1.93. The van der Waals surface area contributed by atoms with Crippen molar-refractivity contribution in [2.45, 2.75) is 0 Å². The van der Waals surface area contributed by atoms with Gasteiger partial charge in [0.2, 0.25) is 0 Å². The summed E-state index contributed by atoms with van der Waals surface area (Å²) in [5.74, 6) is -0.549. The van der Waals surface area contributed by atoms with E-state index in [-0.39, 0.29) is 10.8 Å². The molecule has 0 aliphatic heterocycles. The van der Waals surface area contributed by atoms with Crippen molar-refractivity contribution >= 4 is 5.69 Å². The smallest absolute Gasteiger partial charge is 0.149 e. The SMILES string of the molecule is CN(F)c1ccccc1F. The highest BCUT2D eigenvalue weighted by Crippen LogP contribution is 2.16. The summed E-state index contributed by atoms with van der Waals surface area (Å²) in [6.07, 6.45) is 0. The molecule has 0 saturated carbocycles. The topological polar surface area (TPSA) is 3.24 Å². The van der Waals surface area contributed by atoms with Gasteiger partial charge in [-0.15, -0.1) is 4.48 Å². The molecule has 0 N–H and O–H groups in total. The van der Waals surface area contributed by atoms with Gasteiger partial charge in [0.15, 0.2) is 0 Å². The average molecular weight is 143 g/mol. The number of hydrogen-bond donors (Lipinski definition) is 0. The van der Waals surface area contributed by atoms with Crippen LogP contribution in [0.4, 0.5) is 14.6 Å². The molecule has 0 fully saturated rings. The average Bonchev–Trinajstić information content (AvgIpc) is 1.88. The zero-order valence-corrected chi connectivity index (χ0v) is 5.51. The van der Waals surface area contributed by atoms with E-state index in [1.807, 2.05) is 0 Å². The minimum absolute atomic E-state index is 0.0394. The predicted molar refractivity (Wildman–Crippen MR) is 35.9 cm³/mol. The lowest BCUT2D eigenvalue weighted by molar-refractivity contribution is 0.462. The fraction of sp³-hybridized carbons (Fsp3) is 0.143. The van der Waals surface area contributed by atoms with Crippen molar-refractivity contribution in [3.05, 3.63) is 30.1 Å². The monoisotopic (exact) mass is 143 g/mol. The molecule has 3 heteroatoms. The van der Waals surface area contributed by atoms with Crippen LogP contribution < -0.4 is 5.12 Å². The maximum atomic E-state index is 12.6. The molecule has 0 atom stereocenters. The zero-order valence-electron chi connectivity index (χ0n) is 5.51. The molecule has 1 aromatic carbocycles. The van der Waals surface area contributed by atoms with Crippen molar-refractivity contribution < 1.29 is 8.87 Å². The molecule has 0 aliphatic carbocycles. The molecule has 0 saturated heterocycles. The summed E-state index contributed by atoms with van der Waals surface area (Å²) >= 11 is 0. The van der Waals surface area contributed by atoms with E-state index < -0.39 is 5.82 Å². The minimum atomic E-state index is -0.549. The largest absolute Gasteiger partial charge is 0.212 e. The Bertz CT molecular complexity index is 223. The first-order valence-electron chi connectivity index (χ1n) is 2.86. The molecule has 54 valence electrons. The Morgan fingerprint density at radius 2 is 1.90 bits per heavy atom. The molecular weight excluding hydrogens is 136 g/mol. The fourth-order valence-electron chi connectivity index (χ4n) is 0.702. The van der Waals surface area contributed by atoms with Crippen LogP contribution >= 0.6 is 0 Å². The van der Waals surface area contributed by atoms with Crippen LogP contribution in [-0.2, 0) is 0 Å². The van der Waals surface area contributed by atoms with Gasteiger partial charge >= 0.3 is 0 Å². The van der Waals surface area contributed by atoms with Gasteiger partial charge < -0.3 is 0 Å². The molecule has 10 heavy (non-hydrogen) atoms. The van der Waals surface area contributed by atoms with Crippen LogP contribution in [0, 0.1) is 5.82 Å². The van der Waals surface area contributed by atoms with E-state index >= 15 is 0 Å². The van der Waals surface area contributed by atoms with Gasteiger partial charge in [0.1, 0.15) is 11.5 Å². The van der Waals surface area contributed by atoms with Crippen LogP contribution in [0.5, 0.6) is 0 Å². The Morgan fingerprint density at radius 1 is 1.30 bits per heavy atom. The van der Waals surface area contributed by atoms with Gasteiger partial charge in [0, 0.05) is 7.05 Å². The molecule has 0 aromatic heterocycles. The summed E-state index contributed by atoms with van der Waals surface area (Å²) in [6.45, 7) is 0. The third-order valence-corrected chi connectivity index (χ3v) is 1.18. The lowest BCUT2D eigenvalue weighted by Crippen LogP contribution is -2.03. The zero-order chi connectivity index (χ0) is 7.56. The third kappa shape index (κ3) is 1.23. The van der Waals surface area contributed by atoms with E-state index in [1.165, 1.54) is 18.2 Å². The van der Waals surface area contributed by atoms with Crippen LogP contribution in [0.2, 0.25) is 0 Å².